The summed E-state index contributed by atoms with van der Waals surface area (Å²) in [5.41, 5.74) is 2.90. The third kappa shape index (κ3) is 4.22. The summed E-state index contributed by atoms with van der Waals surface area (Å²) in [5, 5.41) is 0.485. The Balaban J connectivity index is 1.25. The van der Waals surface area contributed by atoms with E-state index in [1.807, 2.05) is 23.1 Å². The number of fused-ring (bicyclic) bond motifs is 1. The van der Waals surface area contributed by atoms with Gasteiger partial charge in [-0.25, -0.2) is 4.39 Å². The van der Waals surface area contributed by atoms with Gasteiger partial charge in [-0.3, -0.25) is 9.69 Å². The summed E-state index contributed by atoms with van der Waals surface area (Å²) >= 11 is 6.14. The molecule has 0 N–H and O–H groups in total. The van der Waals surface area contributed by atoms with Gasteiger partial charge in [0.1, 0.15) is 5.82 Å². The normalized spacial score (nSPS) is 17.7. The van der Waals surface area contributed by atoms with Gasteiger partial charge in [-0.15, -0.1) is 0 Å². The van der Waals surface area contributed by atoms with Gasteiger partial charge < -0.3 is 9.80 Å². The van der Waals surface area contributed by atoms with E-state index in [0.717, 1.165) is 51.4 Å². The first-order valence-electron chi connectivity index (χ1n) is 9.87. The fraction of sp³-hybridized carbons (Fsp3) is 0.409. The summed E-state index contributed by atoms with van der Waals surface area (Å²) in [6.07, 6.45) is 1.48. The van der Waals surface area contributed by atoms with E-state index < -0.39 is 0 Å². The Labute approximate surface area is 170 Å². The van der Waals surface area contributed by atoms with Crippen molar-refractivity contribution in [2.24, 2.45) is 0 Å². The van der Waals surface area contributed by atoms with Crippen molar-refractivity contribution in [1.29, 1.82) is 0 Å². The number of hydrogen-bond acceptors (Lipinski definition) is 3. The highest BCUT2D eigenvalue weighted by atomic mass is 35.5. The van der Waals surface area contributed by atoms with Crippen LogP contribution in [0.1, 0.15) is 17.5 Å². The summed E-state index contributed by atoms with van der Waals surface area (Å²) in [6, 6.07) is 13.0. The van der Waals surface area contributed by atoms with E-state index in [1.165, 1.54) is 11.6 Å². The Hall–Kier alpha value is -1.95. The molecule has 1 saturated heterocycles. The van der Waals surface area contributed by atoms with Gasteiger partial charge in [-0.1, -0.05) is 35.9 Å². The van der Waals surface area contributed by atoms with E-state index in [-0.39, 0.29) is 11.7 Å². The van der Waals surface area contributed by atoms with E-state index in [1.54, 1.807) is 12.1 Å². The van der Waals surface area contributed by atoms with Crippen molar-refractivity contribution in [3.8, 4) is 0 Å². The Morgan fingerprint density at radius 1 is 0.964 bits per heavy atom. The zero-order valence-corrected chi connectivity index (χ0v) is 16.7. The van der Waals surface area contributed by atoms with Crippen LogP contribution in [-0.2, 0) is 17.8 Å². The molecule has 1 fully saturated rings. The molecule has 28 heavy (non-hydrogen) atoms. The molecule has 4 nitrogen and oxygen atoms in total. The van der Waals surface area contributed by atoms with Gasteiger partial charge in [0.15, 0.2) is 0 Å². The number of halogens is 2. The number of carbonyl (C=O) groups is 1. The van der Waals surface area contributed by atoms with Crippen molar-refractivity contribution in [3.05, 3.63) is 64.4 Å². The lowest BCUT2D eigenvalue weighted by Crippen LogP contribution is -2.47. The van der Waals surface area contributed by atoms with Crippen molar-refractivity contribution in [2.45, 2.75) is 19.4 Å². The van der Waals surface area contributed by atoms with Crippen LogP contribution in [0.2, 0.25) is 5.02 Å². The lowest BCUT2D eigenvalue weighted by molar-refractivity contribution is -0.118. The first-order chi connectivity index (χ1) is 13.6. The predicted molar refractivity (Wildman–Crippen MR) is 110 cm³/mol. The van der Waals surface area contributed by atoms with Crippen LogP contribution < -0.4 is 4.90 Å². The van der Waals surface area contributed by atoms with Crippen molar-refractivity contribution in [3.63, 3.8) is 0 Å². The second-order valence-corrected chi connectivity index (χ2v) is 7.90. The molecule has 0 aromatic heterocycles. The molecule has 6 heteroatoms. The van der Waals surface area contributed by atoms with Gasteiger partial charge in [0.2, 0.25) is 5.91 Å². The van der Waals surface area contributed by atoms with Crippen LogP contribution in [0.25, 0.3) is 0 Å². The minimum atomic E-state index is -0.244. The van der Waals surface area contributed by atoms with Gasteiger partial charge in [-0.05, 0) is 30.2 Å². The topological polar surface area (TPSA) is 26.8 Å². The largest absolute Gasteiger partial charge is 0.312 e. The van der Waals surface area contributed by atoms with Gasteiger partial charge >= 0.3 is 0 Å². The van der Waals surface area contributed by atoms with Crippen LogP contribution in [0.3, 0.4) is 0 Å². The molecule has 0 spiro atoms. The highest BCUT2D eigenvalue weighted by Gasteiger charge is 2.25. The molecule has 0 saturated carbocycles. The summed E-state index contributed by atoms with van der Waals surface area (Å²) in [7, 11) is 0. The molecule has 2 aliphatic rings. The number of piperazine rings is 1. The highest BCUT2D eigenvalue weighted by molar-refractivity contribution is 6.31. The standard InChI is InChI=1S/C22H25ClFN3O/c23-19-5-3-6-20(24)18(19)16-26-14-12-25(13-15-26)10-9-22(28)27-11-8-17-4-1-2-7-21(17)27/h1-7H,8-16H2. The third-order valence-corrected chi connectivity index (χ3v) is 6.09. The number of hydrogen-bond donors (Lipinski definition) is 0. The number of anilines is 1. The molecule has 0 unspecified atom stereocenters. The lowest BCUT2D eigenvalue weighted by atomic mass is 10.1. The molecule has 2 aromatic rings. The summed E-state index contributed by atoms with van der Waals surface area (Å²) in [5.74, 6) is -0.0445. The first kappa shape index (κ1) is 19.4. The number of para-hydroxylation sites is 1. The predicted octanol–water partition coefficient (Wildman–Crippen LogP) is 3.58. The van der Waals surface area contributed by atoms with Crippen LogP contribution in [0.4, 0.5) is 10.1 Å². The van der Waals surface area contributed by atoms with Crippen molar-refractivity contribution in [1.82, 2.24) is 9.80 Å². The fourth-order valence-electron chi connectivity index (χ4n) is 4.06. The van der Waals surface area contributed by atoms with E-state index in [9.17, 15) is 9.18 Å². The SMILES string of the molecule is O=C(CCN1CCN(Cc2c(F)cccc2Cl)CC1)N1CCc2ccccc21. The summed E-state index contributed by atoms with van der Waals surface area (Å²) in [6.45, 7) is 5.56. The quantitative estimate of drug-likeness (QED) is 0.766. The van der Waals surface area contributed by atoms with E-state index in [0.29, 0.717) is 23.6 Å². The smallest absolute Gasteiger partial charge is 0.228 e. The Kier molecular flexibility index (Phi) is 5.95. The molecule has 0 radical (unpaired) electrons. The molecule has 0 aliphatic carbocycles. The van der Waals surface area contributed by atoms with Crippen LogP contribution in [-0.4, -0.2) is 55.0 Å². The summed E-state index contributed by atoms with van der Waals surface area (Å²) in [4.78, 5) is 19.1. The minimum Gasteiger partial charge on any atom is -0.312 e. The molecule has 4 rings (SSSR count). The van der Waals surface area contributed by atoms with Crippen molar-refractivity contribution >= 4 is 23.2 Å². The maximum Gasteiger partial charge on any atom is 0.228 e. The fourth-order valence-corrected chi connectivity index (χ4v) is 4.29. The van der Waals surface area contributed by atoms with E-state index in [2.05, 4.69) is 15.9 Å². The number of nitrogens with zero attached hydrogens (tertiary/aromatic N) is 3. The molecule has 2 aromatic carbocycles. The molecular weight excluding hydrogens is 377 g/mol. The number of benzene rings is 2. The minimum absolute atomic E-state index is 0.200. The highest BCUT2D eigenvalue weighted by Crippen LogP contribution is 2.28. The zero-order chi connectivity index (χ0) is 19.5. The molecule has 0 bridgehead atoms. The van der Waals surface area contributed by atoms with Crippen molar-refractivity contribution < 1.29 is 9.18 Å². The van der Waals surface area contributed by atoms with Crippen molar-refractivity contribution in [2.75, 3.05) is 44.2 Å². The van der Waals surface area contributed by atoms with Crippen LogP contribution in [0, 0.1) is 5.82 Å². The molecule has 148 valence electrons. The number of rotatable bonds is 5. The van der Waals surface area contributed by atoms with E-state index >= 15 is 0 Å². The average molecular weight is 402 g/mol. The van der Waals surface area contributed by atoms with Gasteiger partial charge in [-0.2, -0.15) is 0 Å². The maximum atomic E-state index is 14.0. The van der Waals surface area contributed by atoms with Gasteiger partial charge in [0.05, 0.1) is 0 Å². The van der Waals surface area contributed by atoms with Gasteiger partial charge in [0, 0.05) is 68.5 Å². The molecule has 2 aliphatic heterocycles. The Bertz CT molecular complexity index is 831. The van der Waals surface area contributed by atoms with Gasteiger partial charge in [0.25, 0.3) is 0 Å². The molecule has 2 heterocycles. The molecular formula is C22H25ClFN3O. The van der Waals surface area contributed by atoms with E-state index in [4.69, 9.17) is 11.6 Å². The number of amides is 1. The second-order valence-electron chi connectivity index (χ2n) is 7.49. The zero-order valence-electron chi connectivity index (χ0n) is 15.9. The Morgan fingerprint density at radius 2 is 1.71 bits per heavy atom. The lowest BCUT2D eigenvalue weighted by Gasteiger charge is -2.35. The van der Waals surface area contributed by atoms with Crippen LogP contribution in [0.5, 0.6) is 0 Å². The summed E-state index contributed by atoms with van der Waals surface area (Å²) < 4.78 is 14.0. The van der Waals surface area contributed by atoms with Crippen LogP contribution in [0.15, 0.2) is 42.5 Å². The van der Waals surface area contributed by atoms with Crippen LogP contribution >= 0.6 is 11.6 Å². The first-order valence-corrected chi connectivity index (χ1v) is 10.3. The Morgan fingerprint density at radius 3 is 2.50 bits per heavy atom. The second kappa shape index (κ2) is 8.60. The third-order valence-electron chi connectivity index (χ3n) is 5.74. The average Bonchev–Trinajstić information content (AvgIpc) is 3.14. The maximum absolute atomic E-state index is 14.0. The molecule has 1 amide bonds. The number of carbonyl (C=O) groups excluding carboxylic acids is 1. The molecule has 0 atom stereocenters. The monoisotopic (exact) mass is 401 g/mol.